The molecule has 0 spiro atoms. The summed E-state index contributed by atoms with van der Waals surface area (Å²) in [6.07, 6.45) is 4.16. The van der Waals surface area contributed by atoms with Crippen molar-refractivity contribution in [2.24, 2.45) is 0 Å². The van der Waals surface area contributed by atoms with Crippen LogP contribution in [-0.2, 0) is 14.3 Å². The van der Waals surface area contributed by atoms with Gasteiger partial charge in [-0.2, -0.15) is 0 Å². The maximum Gasteiger partial charge on any atom is 0.414 e. The number of carboxylic acid groups (broad SMARTS) is 2. The van der Waals surface area contributed by atoms with Gasteiger partial charge in [-0.1, -0.05) is 56.3 Å². The van der Waals surface area contributed by atoms with E-state index in [9.17, 15) is 0 Å². The number of rotatable bonds is 8. The number of benzene rings is 1. The molecule has 23 heavy (non-hydrogen) atoms. The van der Waals surface area contributed by atoms with Gasteiger partial charge in [-0.05, 0) is 18.7 Å². The molecular weight excluding hydrogens is 298 g/mol. The van der Waals surface area contributed by atoms with Crippen molar-refractivity contribution < 1.29 is 24.5 Å². The van der Waals surface area contributed by atoms with Crippen molar-refractivity contribution in [3.05, 3.63) is 42.0 Å². The Kier molecular flexibility index (Phi) is 12.2. The number of carbonyl (C=O) groups is 2. The normalized spacial score (nSPS) is 10.4. The van der Waals surface area contributed by atoms with E-state index in [-0.39, 0.29) is 0 Å². The van der Waals surface area contributed by atoms with Gasteiger partial charge in [-0.3, -0.25) is 0 Å². The number of ether oxygens (including phenoxy) is 1. The highest BCUT2D eigenvalue weighted by atomic mass is 16.5. The minimum Gasteiger partial charge on any atom is -0.473 e. The first-order valence-corrected chi connectivity index (χ1v) is 7.49. The number of hydrogen-bond acceptors (Lipinski definition) is 4. The van der Waals surface area contributed by atoms with Gasteiger partial charge in [0.25, 0.3) is 0 Å². The van der Waals surface area contributed by atoms with Crippen LogP contribution in [0.2, 0.25) is 0 Å². The average molecular weight is 323 g/mol. The molecule has 0 bridgehead atoms. The average Bonchev–Trinajstić information content (AvgIpc) is 2.56. The lowest BCUT2D eigenvalue weighted by Crippen LogP contribution is -2.27. The predicted octanol–water partition coefficient (Wildman–Crippen LogP) is 2.21. The first-order chi connectivity index (χ1) is 11.0. The van der Waals surface area contributed by atoms with Crippen LogP contribution < -0.4 is 0 Å². The molecule has 0 saturated heterocycles. The fourth-order valence-electron chi connectivity index (χ4n) is 1.63. The molecule has 2 N–H and O–H groups in total. The molecule has 128 valence electrons. The molecule has 0 amide bonds. The minimum atomic E-state index is -1.82. The van der Waals surface area contributed by atoms with Crippen molar-refractivity contribution in [1.82, 2.24) is 4.90 Å². The van der Waals surface area contributed by atoms with E-state index >= 15 is 0 Å². The van der Waals surface area contributed by atoms with Gasteiger partial charge < -0.3 is 19.8 Å². The molecule has 0 saturated carbocycles. The van der Waals surface area contributed by atoms with Gasteiger partial charge in [0.15, 0.2) is 0 Å². The van der Waals surface area contributed by atoms with Crippen LogP contribution in [-0.4, -0.2) is 59.9 Å². The molecule has 0 radical (unpaired) electrons. The maximum atomic E-state index is 9.10. The fourth-order valence-corrected chi connectivity index (χ4v) is 1.63. The Morgan fingerprint density at radius 1 is 1.09 bits per heavy atom. The third kappa shape index (κ3) is 12.1. The van der Waals surface area contributed by atoms with E-state index in [1.54, 1.807) is 0 Å². The third-order valence-electron chi connectivity index (χ3n) is 2.95. The van der Waals surface area contributed by atoms with Crippen LogP contribution in [0.15, 0.2) is 36.4 Å². The van der Waals surface area contributed by atoms with E-state index in [0.717, 1.165) is 26.2 Å². The Morgan fingerprint density at radius 3 is 2.13 bits per heavy atom. The van der Waals surface area contributed by atoms with Crippen molar-refractivity contribution in [2.75, 3.05) is 32.8 Å². The van der Waals surface area contributed by atoms with Gasteiger partial charge in [-0.25, -0.2) is 9.59 Å². The Balaban J connectivity index is 0.000000688. The highest BCUT2D eigenvalue weighted by Crippen LogP contribution is 2.00. The Hall–Kier alpha value is -2.18. The number of aliphatic carboxylic acids is 2. The number of likely N-dealkylation sites (N-methyl/N-ethyl adjacent to an activating group) is 1. The van der Waals surface area contributed by atoms with Crippen molar-refractivity contribution in [2.45, 2.75) is 13.8 Å². The van der Waals surface area contributed by atoms with Crippen LogP contribution in [0.5, 0.6) is 0 Å². The monoisotopic (exact) mass is 323 g/mol. The van der Waals surface area contributed by atoms with Crippen LogP contribution in [0.3, 0.4) is 0 Å². The van der Waals surface area contributed by atoms with Crippen LogP contribution in [0.25, 0.3) is 6.08 Å². The zero-order chi connectivity index (χ0) is 17.5. The zero-order valence-electron chi connectivity index (χ0n) is 13.6. The molecule has 0 aromatic heterocycles. The van der Waals surface area contributed by atoms with Crippen molar-refractivity contribution >= 4 is 18.0 Å². The van der Waals surface area contributed by atoms with Gasteiger partial charge in [0.1, 0.15) is 0 Å². The zero-order valence-corrected chi connectivity index (χ0v) is 13.6. The smallest absolute Gasteiger partial charge is 0.414 e. The number of hydrogen-bond donors (Lipinski definition) is 2. The topological polar surface area (TPSA) is 87.1 Å². The minimum absolute atomic E-state index is 0.691. The summed E-state index contributed by atoms with van der Waals surface area (Å²) in [7, 11) is 0. The van der Waals surface area contributed by atoms with Crippen molar-refractivity contribution in [3.8, 4) is 0 Å². The van der Waals surface area contributed by atoms with Crippen LogP contribution in [0.4, 0.5) is 0 Å². The van der Waals surface area contributed by atoms with Crippen LogP contribution in [0.1, 0.15) is 19.4 Å². The summed E-state index contributed by atoms with van der Waals surface area (Å²) in [4.78, 5) is 20.6. The summed E-state index contributed by atoms with van der Waals surface area (Å²) >= 11 is 0. The molecule has 1 aromatic rings. The first-order valence-electron chi connectivity index (χ1n) is 7.49. The quantitative estimate of drug-likeness (QED) is 0.563. The van der Waals surface area contributed by atoms with Crippen LogP contribution >= 0.6 is 0 Å². The predicted molar refractivity (Wildman–Crippen MR) is 89.4 cm³/mol. The second-order valence-electron chi connectivity index (χ2n) is 4.53. The van der Waals surface area contributed by atoms with E-state index in [1.807, 2.05) is 18.2 Å². The summed E-state index contributed by atoms with van der Waals surface area (Å²) in [6, 6.07) is 10.3. The van der Waals surface area contributed by atoms with E-state index in [1.165, 1.54) is 5.56 Å². The molecular formula is C17H25NO5. The maximum absolute atomic E-state index is 9.10. The molecule has 0 unspecified atom stereocenters. The second-order valence-corrected chi connectivity index (χ2v) is 4.53. The van der Waals surface area contributed by atoms with Crippen molar-refractivity contribution in [1.29, 1.82) is 0 Å². The summed E-state index contributed by atoms with van der Waals surface area (Å²) in [5.74, 6) is -3.65. The third-order valence-corrected chi connectivity index (χ3v) is 2.95. The summed E-state index contributed by atoms with van der Waals surface area (Å²) in [6.45, 7) is 9.07. The standard InChI is InChI=1S/C15H23NO.C2H2O4/c1-3-16(4-2)12-14-17-13-8-11-15-9-6-5-7-10-15;3-1(4)2(5)6/h5-11H,3-4,12-14H2,1-2H3;(H,3,4)(H,5,6)/b11-8+;. The highest BCUT2D eigenvalue weighted by molar-refractivity contribution is 6.27. The van der Waals surface area contributed by atoms with Gasteiger partial charge in [0, 0.05) is 6.54 Å². The molecule has 0 heterocycles. The van der Waals surface area contributed by atoms with Gasteiger partial charge in [-0.15, -0.1) is 0 Å². The summed E-state index contributed by atoms with van der Waals surface area (Å²) in [5.41, 5.74) is 1.22. The Labute approximate surface area is 137 Å². The lowest BCUT2D eigenvalue weighted by molar-refractivity contribution is -0.159. The largest absolute Gasteiger partial charge is 0.473 e. The molecule has 1 aromatic carbocycles. The van der Waals surface area contributed by atoms with Crippen molar-refractivity contribution in [3.63, 3.8) is 0 Å². The molecule has 6 heteroatoms. The highest BCUT2D eigenvalue weighted by Gasteiger charge is 2.04. The molecule has 0 aliphatic heterocycles. The second kappa shape index (κ2) is 13.5. The van der Waals surface area contributed by atoms with Gasteiger partial charge >= 0.3 is 11.9 Å². The Morgan fingerprint density at radius 2 is 1.65 bits per heavy atom. The molecule has 0 aliphatic rings. The van der Waals surface area contributed by atoms with E-state index < -0.39 is 11.9 Å². The SMILES string of the molecule is CCN(CC)CCOC/C=C/c1ccccc1.O=C(O)C(=O)O. The van der Waals surface area contributed by atoms with Crippen LogP contribution in [0, 0.1) is 0 Å². The summed E-state index contributed by atoms with van der Waals surface area (Å²) in [5, 5.41) is 14.8. The fraction of sp³-hybridized carbons (Fsp3) is 0.412. The van der Waals surface area contributed by atoms with E-state index in [4.69, 9.17) is 24.5 Å². The van der Waals surface area contributed by atoms with E-state index in [2.05, 4.69) is 43.0 Å². The Bertz CT molecular complexity index is 457. The molecule has 0 atom stereocenters. The van der Waals surface area contributed by atoms with E-state index in [0.29, 0.717) is 6.61 Å². The molecule has 0 fully saturated rings. The van der Waals surface area contributed by atoms with Gasteiger partial charge in [0.05, 0.1) is 13.2 Å². The number of nitrogens with zero attached hydrogens (tertiary/aromatic N) is 1. The lowest BCUT2D eigenvalue weighted by Gasteiger charge is -2.17. The molecule has 1 rings (SSSR count). The summed E-state index contributed by atoms with van der Waals surface area (Å²) < 4.78 is 5.56. The number of carboxylic acids is 2. The molecule has 6 nitrogen and oxygen atoms in total. The molecule has 0 aliphatic carbocycles. The van der Waals surface area contributed by atoms with Gasteiger partial charge in [0.2, 0.25) is 0 Å². The first kappa shape index (κ1) is 20.8. The lowest BCUT2D eigenvalue weighted by atomic mass is 10.2.